The molecule has 0 spiro atoms. The first-order chi connectivity index (χ1) is 9.92. The second kappa shape index (κ2) is 4.81. The summed E-state index contributed by atoms with van der Waals surface area (Å²) in [7, 11) is 0. The van der Waals surface area contributed by atoms with Crippen LogP contribution in [0.25, 0.3) is 32.0 Å². The predicted molar refractivity (Wildman–Crippen MR) is 86.2 cm³/mol. The maximum Gasteiger partial charge on any atom is 0.144 e. The van der Waals surface area contributed by atoms with Crippen molar-refractivity contribution >= 4 is 33.0 Å². The molecule has 2 aromatic heterocycles. The van der Waals surface area contributed by atoms with Crippen molar-refractivity contribution in [3.8, 4) is 22.0 Å². The third kappa shape index (κ3) is 1.94. The summed E-state index contributed by atoms with van der Waals surface area (Å²) < 4.78 is 5.77. The fraction of sp³-hybridized carbons (Fsp3) is 0. The molecule has 0 aliphatic rings. The molecule has 4 heteroatoms. The van der Waals surface area contributed by atoms with Gasteiger partial charge in [0.1, 0.15) is 10.7 Å². The van der Waals surface area contributed by atoms with Gasteiger partial charge in [-0.15, -0.1) is 11.3 Å². The number of nitrogens with zero attached hydrogens (tertiary/aromatic N) is 2. The molecule has 20 heavy (non-hydrogen) atoms. The highest BCUT2D eigenvalue weighted by atomic mass is 32.1. The Balaban J connectivity index is 1.82. The molecule has 0 N–H and O–H groups in total. The number of thiazole rings is 1. The lowest BCUT2D eigenvalue weighted by Crippen LogP contribution is -1.79. The average Bonchev–Trinajstić information content (AvgIpc) is 3.14. The van der Waals surface area contributed by atoms with Gasteiger partial charge in [0.05, 0.1) is 10.4 Å². The SMILES string of the molecule is c1ccc(-c2csc(-c3nsc4ccccc34)n2)cc1. The summed E-state index contributed by atoms with van der Waals surface area (Å²) in [5.74, 6) is 0. The maximum atomic E-state index is 4.74. The molecule has 0 atom stereocenters. The van der Waals surface area contributed by atoms with Gasteiger partial charge in [-0.05, 0) is 17.6 Å². The van der Waals surface area contributed by atoms with Gasteiger partial charge in [0.15, 0.2) is 0 Å². The number of hydrogen-bond donors (Lipinski definition) is 0. The average molecular weight is 294 g/mol. The van der Waals surface area contributed by atoms with E-state index < -0.39 is 0 Å². The van der Waals surface area contributed by atoms with E-state index in [4.69, 9.17) is 4.98 Å². The van der Waals surface area contributed by atoms with Gasteiger partial charge < -0.3 is 0 Å². The number of benzene rings is 2. The molecule has 0 radical (unpaired) electrons. The van der Waals surface area contributed by atoms with Crippen LogP contribution in [0, 0.1) is 0 Å². The molecule has 0 bridgehead atoms. The second-order valence-corrected chi connectivity index (χ2v) is 6.09. The standard InChI is InChI=1S/C16H10N2S2/c1-2-6-11(7-3-1)13-10-19-16(17-13)15-12-8-4-5-9-14(12)20-18-15/h1-10H. The van der Waals surface area contributed by atoms with Crippen molar-refractivity contribution in [2.24, 2.45) is 0 Å². The molecule has 0 fully saturated rings. The van der Waals surface area contributed by atoms with Crippen molar-refractivity contribution in [3.05, 3.63) is 60.0 Å². The normalized spacial score (nSPS) is 11.0. The van der Waals surface area contributed by atoms with Gasteiger partial charge in [0, 0.05) is 16.3 Å². The Labute approximate surface area is 124 Å². The monoisotopic (exact) mass is 294 g/mol. The molecule has 4 rings (SSSR count). The van der Waals surface area contributed by atoms with Gasteiger partial charge in [-0.2, -0.15) is 4.37 Å². The van der Waals surface area contributed by atoms with Crippen LogP contribution in [0.1, 0.15) is 0 Å². The Morgan fingerprint density at radius 3 is 2.55 bits per heavy atom. The van der Waals surface area contributed by atoms with Crippen LogP contribution in [0.5, 0.6) is 0 Å². The van der Waals surface area contributed by atoms with Crippen LogP contribution in [-0.4, -0.2) is 9.36 Å². The van der Waals surface area contributed by atoms with Crippen LogP contribution in [0.4, 0.5) is 0 Å². The minimum atomic E-state index is 0.987. The van der Waals surface area contributed by atoms with Gasteiger partial charge >= 0.3 is 0 Å². The summed E-state index contributed by atoms with van der Waals surface area (Å²) in [6, 6.07) is 18.5. The Morgan fingerprint density at radius 2 is 1.65 bits per heavy atom. The number of hydrogen-bond acceptors (Lipinski definition) is 4. The first-order valence-electron chi connectivity index (χ1n) is 6.27. The zero-order valence-electron chi connectivity index (χ0n) is 10.5. The summed E-state index contributed by atoms with van der Waals surface area (Å²) in [6.07, 6.45) is 0. The Hall–Kier alpha value is -2.04. The van der Waals surface area contributed by atoms with E-state index in [9.17, 15) is 0 Å². The fourth-order valence-electron chi connectivity index (χ4n) is 2.16. The molecule has 0 amide bonds. The zero-order valence-corrected chi connectivity index (χ0v) is 12.1. The lowest BCUT2D eigenvalue weighted by Gasteiger charge is -1.94. The lowest BCUT2D eigenvalue weighted by molar-refractivity contribution is 1.38. The third-order valence-corrected chi connectivity index (χ3v) is 4.83. The van der Waals surface area contributed by atoms with Gasteiger partial charge in [0.25, 0.3) is 0 Å². The molecule has 96 valence electrons. The highest BCUT2D eigenvalue weighted by Gasteiger charge is 2.12. The predicted octanol–water partition coefficient (Wildman–Crippen LogP) is 5.09. The van der Waals surface area contributed by atoms with Crippen LogP contribution in [0.15, 0.2) is 60.0 Å². The number of fused-ring (bicyclic) bond motifs is 1. The van der Waals surface area contributed by atoms with E-state index in [2.05, 4.69) is 34.0 Å². The Kier molecular flexibility index (Phi) is 2.83. The first-order valence-corrected chi connectivity index (χ1v) is 7.93. The minimum absolute atomic E-state index is 0.987. The summed E-state index contributed by atoms with van der Waals surface area (Å²) in [4.78, 5) is 4.74. The van der Waals surface area contributed by atoms with Gasteiger partial charge in [0.2, 0.25) is 0 Å². The molecule has 2 aromatic carbocycles. The molecule has 0 aliphatic heterocycles. The molecule has 0 saturated heterocycles. The largest absolute Gasteiger partial charge is 0.234 e. The van der Waals surface area contributed by atoms with Crippen LogP contribution in [0.2, 0.25) is 0 Å². The minimum Gasteiger partial charge on any atom is -0.234 e. The van der Waals surface area contributed by atoms with Crippen molar-refractivity contribution in [3.63, 3.8) is 0 Å². The van der Waals surface area contributed by atoms with E-state index in [0.717, 1.165) is 22.0 Å². The van der Waals surface area contributed by atoms with E-state index in [-0.39, 0.29) is 0 Å². The van der Waals surface area contributed by atoms with Crippen LogP contribution in [0.3, 0.4) is 0 Å². The number of rotatable bonds is 2. The molecule has 2 nitrogen and oxygen atoms in total. The van der Waals surface area contributed by atoms with E-state index in [1.807, 2.05) is 30.3 Å². The summed E-state index contributed by atoms with van der Waals surface area (Å²) in [5, 5.41) is 4.27. The quantitative estimate of drug-likeness (QED) is 0.515. The van der Waals surface area contributed by atoms with Crippen molar-refractivity contribution < 1.29 is 0 Å². The molecule has 0 aliphatic carbocycles. The van der Waals surface area contributed by atoms with Crippen LogP contribution >= 0.6 is 22.9 Å². The van der Waals surface area contributed by atoms with E-state index in [1.54, 1.807) is 11.3 Å². The highest BCUT2D eigenvalue weighted by molar-refractivity contribution is 7.15. The number of aromatic nitrogens is 2. The molecule has 4 aromatic rings. The first kappa shape index (κ1) is 11.8. The van der Waals surface area contributed by atoms with Crippen molar-refractivity contribution in [2.45, 2.75) is 0 Å². The fourth-order valence-corrected chi connectivity index (χ4v) is 3.83. The molecule has 0 saturated carbocycles. The Morgan fingerprint density at radius 1 is 0.850 bits per heavy atom. The summed E-state index contributed by atoms with van der Waals surface area (Å²) in [6.45, 7) is 0. The van der Waals surface area contributed by atoms with Gasteiger partial charge in [-0.1, -0.05) is 48.5 Å². The maximum absolute atomic E-state index is 4.74. The van der Waals surface area contributed by atoms with Crippen molar-refractivity contribution in [1.82, 2.24) is 9.36 Å². The molecule has 0 unspecified atom stereocenters. The third-order valence-electron chi connectivity index (χ3n) is 3.15. The van der Waals surface area contributed by atoms with Crippen LogP contribution in [-0.2, 0) is 0 Å². The lowest BCUT2D eigenvalue weighted by atomic mass is 10.2. The molecule has 2 heterocycles. The van der Waals surface area contributed by atoms with Crippen molar-refractivity contribution in [1.29, 1.82) is 0 Å². The van der Waals surface area contributed by atoms with Gasteiger partial charge in [-0.3, -0.25) is 0 Å². The zero-order chi connectivity index (χ0) is 13.4. The topological polar surface area (TPSA) is 25.8 Å². The van der Waals surface area contributed by atoms with Crippen LogP contribution < -0.4 is 0 Å². The Bertz CT molecular complexity index is 862. The summed E-state index contributed by atoms with van der Waals surface area (Å²) >= 11 is 3.18. The van der Waals surface area contributed by atoms with E-state index in [0.29, 0.717) is 0 Å². The highest BCUT2D eigenvalue weighted by Crippen LogP contribution is 2.34. The van der Waals surface area contributed by atoms with Gasteiger partial charge in [-0.25, -0.2) is 4.98 Å². The van der Waals surface area contributed by atoms with E-state index in [1.165, 1.54) is 21.6 Å². The second-order valence-electron chi connectivity index (χ2n) is 4.43. The summed E-state index contributed by atoms with van der Waals surface area (Å²) in [5.41, 5.74) is 3.16. The molecular formula is C16H10N2S2. The van der Waals surface area contributed by atoms with Crippen molar-refractivity contribution in [2.75, 3.05) is 0 Å². The smallest absolute Gasteiger partial charge is 0.144 e. The molecular weight excluding hydrogens is 284 g/mol. The van der Waals surface area contributed by atoms with E-state index >= 15 is 0 Å².